The van der Waals surface area contributed by atoms with Gasteiger partial charge in [-0.2, -0.15) is 0 Å². The third-order valence-electron chi connectivity index (χ3n) is 3.31. The molecule has 4 nitrogen and oxygen atoms in total. The van der Waals surface area contributed by atoms with Crippen LogP contribution in [0.25, 0.3) is 15.8 Å². The Kier molecular flexibility index (Phi) is 5.50. The van der Waals surface area contributed by atoms with Crippen LogP contribution in [0.2, 0.25) is 0 Å². The Bertz CT molecular complexity index is 807. The van der Waals surface area contributed by atoms with E-state index in [0.717, 1.165) is 4.88 Å². The van der Waals surface area contributed by atoms with Crippen molar-refractivity contribution in [1.82, 2.24) is 4.90 Å². The zero-order valence-electron chi connectivity index (χ0n) is 12.4. The molecule has 0 aromatic carbocycles. The highest BCUT2D eigenvalue weighted by Gasteiger charge is 2.31. The monoisotopic (exact) mass is 395 g/mol. The summed E-state index contributed by atoms with van der Waals surface area (Å²) in [6.07, 6.45) is 2.29. The van der Waals surface area contributed by atoms with Gasteiger partial charge in [0.2, 0.25) is 0 Å². The molecule has 3 rings (SSSR count). The molecule has 0 spiro atoms. The first-order chi connectivity index (χ1) is 11.5. The number of thiocarbonyl (C=S) groups is 1. The number of thiophene rings is 2. The molecular formula is C16H13NO3S4. The maximum absolute atomic E-state index is 12.4. The molecule has 1 saturated heterocycles. The van der Waals surface area contributed by atoms with Crippen LogP contribution in [0.1, 0.15) is 17.7 Å². The molecule has 1 amide bonds. The molecule has 0 atom stereocenters. The molecule has 0 aliphatic carbocycles. The molecule has 0 bridgehead atoms. The van der Waals surface area contributed by atoms with Crippen LogP contribution in [0.4, 0.5) is 0 Å². The number of carbonyl (C=O) groups is 2. The molecule has 1 aliphatic heterocycles. The van der Waals surface area contributed by atoms with Gasteiger partial charge in [0.1, 0.15) is 4.32 Å². The van der Waals surface area contributed by atoms with Gasteiger partial charge in [0, 0.05) is 27.6 Å². The summed E-state index contributed by atoms with van der Waals surface area (Å²) in [5.41, 5.74) is 0. The Morgan fingerprint density at radius 2 is 2.12 bits per heavy atom. The quantitative estimate of drug-likeness (QED) is 0.575. The zero-order chi connectivity index (χ0) is 17.1. The van der Waals surface area contributed by atoms with Crippen molar-refractivity contribution in [2.45, 2.75) is 12.8 Å². The van der Waals surface area contributed by atoms with E-state index in [1.807, 2.05) is 23.6 Å². The lowest BCUT2D eigenvalue weighted by molar-refractivity contribution is -0.137. The molecule has 24 heavy (non-hydrogen) atoms. The highest BCUT2D eigenvalue weighted by atomic mass is 32.2. The Morgan fingerprint density at radius 1 is 1.29 bits per heavy atom. The van der Waals surface area contributed by atoms with Crippen molar-refractivity contribution in [1.29, 1.82) is 0 Å². The van der Waals surface area contributed by atoms with E-state index in [-0.39, 0.29) is 12.3 Å². The maximum Gasteiger partial charge on any atom is 0.303 e. The van der Waals surface area contributed by atoms with Gasteiger partial charge >= 0.3 is 5.97 Å². The van der Waals surface area contributed by atoms with Gasteiger partial charge in [-0.1, -0.05) is 30.0 Å². The Labute approximate surface area is 156 Å². The number of hydrogen-bond donors (Lipinski definition) is 1. The van der Waals surface area contributed by atoms with Gasteiger partial charge in [0.15, 0.2) is 0 Å². The molecule has 1 fully saturated rings. The number of nitrogens with zero attached hydrogens (tertiary/aromatic N) is 1. The lowest BCUT2D eigenvalue weighted by atomic mass is 10.3. The number of hydrogen-bond acceptors (Lipinski definition) is 6. The van der Waals surface area contributed by atoms with E-state index in [2.05, 4.69) is 12.1 Å². The average Bonchev–Trinajstić information content (AvgIpc) is 3.24. The van der Waals surface area contributed by atoms with Gasteiger partial charge in [-0.25, -0.2) is 0 Å². The minimum Gasteiger partial charge on any atom is -0.481 e. The summed E-state index contributed by atoms with van der Waals surface area (Å²) in [7, 11) is 0. The largest absolute Gasteiger partial charge is 0.481 e. The smallest absolute Gasteiger partial charge is 0.303 e. The van der Waals surface area contributed by atoms with Crippen molar-refractivity contribution in [3.05, 3.63) is 39.4 Å². The summed E-state index contributed by atoms with van der Waals surface area (Å²) in [4.78, 5) is 28.5. The van der Waals surface area contributed by atoms with Gasteiger partial charge in [-0.3, -0.25) is 14.5 Å². The summed E-state index contributed by atoms with van der Waals surface area (Å²) in [5.74, 6) is -1.00. The van der Waals surface area contributed by atoms with Crippen molar-refractivity contribution in [3.63, 3.8) is 0 Å². The summed E-state index contributed by atoms with van der Waals surface area (Å²) in [6.45, 7) is 0.346. The molecule has 1 N–H and O–H groups in total. The minimum atomic E-state index is -0.865. The van der Waals surface area contributed by atoms with Gasteiger partial charge in [-0.05, 0) is 36.1 Å². The van der Waals surface area contributed by atoms with Gasteiger partial charge in [-0.15, -0.1) is 22.7 Å². The van der Waals surface area contributed by atoms with E-state index in [1.165, 1.54) is 26.4 Å². The van der Waals surface area contributed by atoms with Gasteiger partial charge < -0.3 is 5.11 Å². The fourth-order valence-electron chi connectivity index (χ4n) is 2.19. The summed E-state index contributed by atoms with van der Waals surface area (Å²) < 4.78 is 0.492. The number of carboxylic acids is 1. The first-order valence-electron chi connectivity index (χ1n) is 7.15. The maximum atomic E-state index is 12.4. The first kappa shape index (κ1) is 17.3. The highest BCUT2D eigenvalue weighted by molar-refractivity contribution is 8.26. The van der Waals surface area contributed by atoms with Crippen molar-refractivity contribution in [3.8, 4) is 9.75 Å². The van der Waals surface area contributed by atoms with Crippen LogP contribution in [-0.2, 0) is 9.59 Å². The molecule has 2 aromatic heterocycles. The third kappa shape index (κ3) is 3.94. The number of thioether (sulfide) groups is 1. The fourth-order valence-corrected chi connectivity index (χ4v) is 5.35. The second-order valence-electron chi connectivity index (χ2n) is 5.01. The number of carboxylic acid groups (broad SMARTS) is 1. The second kappa shape index (κ2) is 7.60. The number of rotatable bonds is 6. The fraction of sp³-hybridized carbons (Fsp3) is 0.188. The van der Waals surface area contributed by atoms with Crippen molar-refractivity contribution in [2.24, 2.45) is 0 Å². The standard InChI is InChI=1S/C16H13NO3S4/c18-14(19)4-1-7-17-15(20)13(24-16(17)21)9-10-5-6-12(23-10)11-3-2-8-22-11/h2-3,5-6,8-9H,1,4,7H2,(H,18,19). The Hall–Kier alpha value is -1.48. The minimum absolute atomic E-state index is 0.0329. The van der Waals surface area contributed by atoms with Crippen LogP contribution in [-0.4, -0.2) is 32.7 Å². The van der Waals surface area contributed by atoms with Crippen LogP contribution in [0.15, 0.2) is 34.6 Å². The van der Waals surface area contributed by atoms with E-state index < -0.39 is 5.97 Å². The van der Waals surface area contributed by atoms with Crippen LogP contribution in [0, 0.1) is 0 Å². The normalized spacial score (nSPS) is 16.3. The molecular weight excluding hydrogens is 382 g/mol. The molecule has 1 aliphatic rings. The highest BCUT2D eigenvalue weighted by Crippen LogP contribution is 2.36. The summed E-state index contributed by atoms with van der Waals surface area (Å²) in [5, 5.41) is 10.7. The van der Waals surface area contributed by atoms with Crippen molar-refractivity contribution >= 4 is 68.9 Å². The Morgan fingerprint density at radius 3 is 2.83 bits per heavy atom. The predicted molar refractivity (Wildman–Crippen MR) is 104 cm³/mol. The van der Waals surface area contributed by atoms with E-state index >= 15 is 0 Å². The first-order valence-corrected chi connectivity index (χ1v) is 10.1. The van der Waals surface area contributed by atoms with E-state index in [4.69, 9.17) is 17.3 Å². The number of amides is 1. The second-order valence-corrected chi connectivity index (χ2v) is 8.75. The van der Waals surface area contributed by atoms with Crippen molar-refractivity contribution in [2.75, 3.05) is 6.54 Å². The number of carbonyl (C=O) groups excluding carboxylic acids is 1. The molecule has 0 radical (unpaired) electrons. The lowest BCUT2D eigenvalue weighted by Crippen LogP contribution is -2.29. The van der Waals surface area contributed by atoms with Crippen LogP contribution in [0.5, 0.6) is 0 Å². The van der Waals surface area contributed by atoms with Crippen LogP contribution >= 0.6 is 46.7 Å². The van der Waals surface area contributed by atoms with E-state index in [0.29, 0.717) is 22.2 Å². The van der Waals surface area contributed by atoms with E-state index in [9.17, 15) is 9.59 Å². The predicted octanol–water partition coefficient (Wildman–Crippen LogP) is 4.54. The molecule has 3 heterocycles. The average molecular weight is 396 g/mol. The van der Waals surface area contributed by atoms with E-state index in [1.54, 1.807) is 22.7 Å². The van der Waals surface area contributed by atoms with Gasteiger partial charge in [0.25, 0.3) is 5.91 Å². The topological polar surface area (TPSA) is 57.6 Å². The third-order valence-corrected chi connectivity index (χ3v) is 6.79. The molecule has 124 valence electrons. The molecule has 2 aromatic rings. The molecule has 0 unspecified atom stereocenters. The molecule has 0 saturated carbocycles. The van der Waals surface area contributed by atoms with Crippen LogP contribution in [0.3, 0.4) is 0 Å². The van der Waals surface area contributed by atoms with Gasteiger partial charge in [0.05, 0.1) is 4.91 Å². The summed E-state index contributed by atoms with van der Waals surface area (Å²) in [6, 6.07) is 8.14. The van der Waals surface area contributed by atoms with Crippen LogP contribution < -0.4 is 0 Å². The SMILES string of the molecule is O=C(O)CCCN1C(=O)C(=Cc2ccc(-c3cccs3)s2)SC1=S. The number of aliphatic carboxylic acids is 1. The Balaban J connectivity index is 1.71. The lowest BCUT2D eigenvalue weighted by Gasteiger charge is -2.13. The van der Waals surface area contributed by atoms with Crippen molar-refractivity contribution < 1.29 is 14.7 Å². The molecule has 8 heteroatoms. The zero-order valence-corrected chi connectivity index (χ0v) is 15.7. The summed E-state index contributed by atoms with van der Waals surface area (Å²) >= 11 is 9.84.